The molecule has 2 rings (SSSR count). The molecule has 94 valence electrons. The third kappa shape index (κ3) is 2.86. The normalized spacial score (nSPS) is 12.4. The number of hydrogen-bond acceptors (Lipinski definition) is 2. The maximum Gasteiger partial charge on any atom is 0.145 e. The van der Waals surface area contributed by atoms with Crippen molar-refractivity contribution in [3.05, 3.63) is 64.7 Å². The summed E-state index contributed by atoms with van der Waals surface area (Å²) in [5.74, 6) is -0.344. The molecule has 0 spiro atoms. The fourth-order valence-electron chi connectivity index (χ4n) is 1.89. The first-order chi connectivity index (χ1) is 8.72. The number of halogens is 2. The number of nitrogens with one attached hydrogen (secondary N) is 1. The first-order valence-electron chi connectivity index (χ1n) is 5.72. The molecule has 0 bridgehead atoms. The standard InChI is InChI=1S/C14H14ClFN2/c1-17-13(11-5-3-7-18-9-11)8-10-4-2-6-12(15)14(10)16/h2-7,9,13,17H,8H2,1H3. The summed E-state index contributed by atoms with van der Waals surface area (Å²) in [4.78, 5) is 4.08. The van der Waals surface area contributed by atoms with Crippen molar-refractivity contribution in [2.24, 2.45) is 0 Å². The fourth-order valence-corrected chi connectivity index (χ4v) is 2.09. The predicted molar refractivity (Wildman–Crippen MR) is 71.2 cm³/mol. The number of benzene rings is 1. The zero-order chi connectivity index (χ0) is 13.0. The van der Waals surface area contributed by atoms with Gasteiger partial charge in [-0.05, 0) is 36.7 Å². The number of hydrogen-bond donors (Lipinski definition) is 1. The summed E-state index contributed by atoms with van der Waals surface area (Å²) in [6.07, 6.45) is 4.04. The van der Waals surface area contributed by atoms with Gasteiger partial charge in [0.1, 0.15) is 5.82 Å². The number of nitrogens with zero attached hydrogens (tertiary/aromatic N) is 1. The molecule has 1 N–H and O–H groups in total. The summed E-state index contributed by atoms with van der Waals surface area (Å²) in [7, 11) is 1.85. The molecule has 0 fully saturated rings. The average Bonchev–Trinajstić information content (AvgIpc) is 2.41. The van der Waals surface area contributed by atoms with Crippen LogP contribution in [0.1, 0.15) is 17.2 Å². The second-order valence-corrected chi connectivity index (χ2v) is 4.45. The Hall–Kier alpha value is -1.45. The summed E-state index contributed by atoms with van der Waals surface area (Å²) in [6.45, 7) is 0. The minimum absolute atomic E-state index is 0.0201. The number of likely N-dealkylation sites (N-methyl/N-ethyl adjacent to an activating group) is 1. The predicted octanol–water partition coefficient (Wildman–Crippen LogP) is 3.38. The lowest BCUT2D eigenvalue weighted by Gasteiger charge is -2.16. The van der Waals surface area contributed by atoms with Crippen LogP contribution in [0, 0.1) is 5.82 Å². The van der Waals surface area contributed by atoms with Gasteiger partial charge in [-0.3, -0.25) is 4.98 Å². The van der Waals surface area contributed by atoms with Gasteiger partial charge in [0.05, 0.1) is 5.02 Å². The minimum Gasteiger partial charge on any atom is -0.313 e. The van der Waals surface area contributed by atoms with Crippen LogP contribution >= 0.6 is 11.6 Å². The van der Waals surface area contributed by atoms with Crippen LogP contribution in [0.3, 0.4) is 0 Å². The monoisotopic (exact) mass is 264 g/mol. The molecule has 0 amide bonds. The lowest BCUT2D eigenvalue weighted by atomic mass is 10.00. The molecule has 1 aromatic heterocycles. The molecule has 0 radical (unpaired) electrons. The quantitative estimate of drug-likeness (QED) is 0.916. The Morgan fingerprint density at radius 1 is 1.33 bits per heavy atom. The zero-order valence-corrected chi connectivity index (χ0v) is 10.8. The summed E-state index contributed by atoms with van der Waals surface area (Å²) in [5.41, 5.74) is 1.63. The third-order valence-corrected chi connectivity index (χ3v) is 3.18. The van der Waals surface area contributed by atoms with Crippen molar-refractivity contribution in [2.45, 2.75) is 12.5 Å². The summed E-state index contributed by atoms with van der Waals surface area (Å²) < 4.78 is 13.8. The topological polar surface area (TPSA) is 24.9 Å². The van der Waals surface area contributed by atoms with E-state index >= 15 is 0 Å². The van der Waals surface area contributed by atoms with Crippen molar-refractivity contribution in [1.29, 1.82) is 0 Å². The highest BCUT2D eigenvalue weighted by Gasteiger charge is 2.14. The van der Waals surface area contributed by atoms with Crippen molar-refractivity contribution < 1.29 is 4.39 Å². The van der Waals surface area contributed by atoms with Crippen LogP contribution in [0.2, 0.25) is 5.02 Å². The van der Waals surface area contributed by atoms with E-state index in [0.717, 1.165) is 5.56 Å². The lowest BCUT2D eigenvalue weighted by molar-refractivity contribution is 0.553. The Bertz CT molecular complexity index is 516. The van der Waals surface area contributed by atoms with Gasteiger partial charge in [0, 0.05) is 18.4 Å². The molecule has 18 heavy (non-hydrogen) atoms. The van der Waals surface area contributed by atoms with E-state index in [2.05, 4.69) is 10.3 Å². The van der Waals surface area contributed by atoms with Crippen LogP contribution in [0.15, 0.2) is 42.7 Å². The van der Waals surface area contributed by atoms with Crippen molar-refractivity contribution in [3.8, 4) is 0 Å². The van der Waals surface area contributed by atoms with Gasteiger partial charge < -0.3 is 5.32 Å². The Morgan fingerprint density at radius 3 is 2.83 bits per heavy atom. The number of rotatable bonds is 4. The highest BCUT2D eigenvalue weighted by Crippen LogP contribution is 2.23. The highest BCUT2D eigenvalue weighted by molar-refractivity contribution is 6.30. The van der Waals surface area contributed by atoms with Crippen LogP contribution in [-0.2, 0) is 6.42 Å². The second kappa shape index (κ2) is 5.94. The smallest absolute Gasteiger partial charge is 0.145 e. The van der Waals surface area contributed by atoms with Gasteiger partial charge in [-0.1, -0.05) is 29.8 Å². The van der Waals surface area contributed by atoms with Crippen molar-refractivity contribution in [3.63, 3.8) is 0 Å². The summed E-state index contributed by atoms with van der Waals surface area (Å²) in [6, 6.07) is 8.92. The molecule has 2 aromatic rings. The van der Waals surface area contributed by atoms with Crippen LogP contribution in [0.4, 0.5) is 4.39 Å². The Morgan fingerprint density at radius 2 is 2.17 bits per heavy atom. The molecule has 1 aromatic carbocycles. The van der Waals surface area contributed by atoms with Gasteiger partial charge >= 0.3 is 0 Å². The molecular formula is C14H14ClFN2. The SMILES string of the molecule is CNC(Cc1cccc(Cl)c1F)c1cccnc1. The Balaban J connectivity index is 2.24. The Labute approximate surface area is 111 Å². The third-order valence-electron chi connectivity index (χ3n) is 2.89. The largest absolute Gasteiger partial charge is 0.313 e. The van der Waals surface area contributed by atoms with Gasteiger partial charge in [-0.2, -0.15) is 0 Å². The molecule has 2 nitrogen and oxygen atoms in total. The molecule has 4 heteroatoms. The van der Waals surface area contributed by atoms with Gasteiger partial charge in [0.2, 0.25) is 0 Å². The van der Waals surface area contributed by atoms with Gasteiger partial charge in [-0.25, -0.2) is 4.39 Å². The van der Waals surface area contributed by atoms with E-state index in [-0.39, 0.29) is 16.9 Å². The van der Waals surface area contributed by atoms with E-state index in [1.54, 1.807) is 30.6 Å². The summed E-state index contributed by atoms with van der Waals surface area (Å²) in [5, 5.41) is 3.32. The molecule has 0 saturated heterocycles. The van der Waals surface area contributed by atoms with Crippen LogP contribution in [-0.4, -0.2) is 12.0 Å². The van der Waals surface area contributed by atoms with Gasteiger partial charge in [0.15, 0.2) is 0 Å². The Kier molecular flexibility index (Phi) is 4.28. The fraction of sp³-hybridized carbons (Fsp3) is 0.214. The van der Waals surface area contributed by atoms with Gasteiger partial charge in [-0.15, -0.1) is 0 Å². The van der Waals surface area contributed by atoms with E-state index in [1.807, 2.05) is 19.2 Å². The van der Waals surface area contributed by atoms with E-state index in [0.29, 0.717) is 12.0 Å². The van der Waals surface area contributed by atoms with Crippen molar-refractivity contribution >= 4 is 11.6 Å². The van der Waals surface area contributed by atoms with E-state index in [9.17, 15) is 4.39 Å². The van der Waals surface area contributed by atoms with E-state index in [1.165, 1.54) is 0 Å². The van der Waals surface area contributed by atoms with Crippen LogP contribution in [0.5, 0.6) is 0 Å². The molecule has 1 heterocycles. The number of pyridine rings is 1. The first-order valence-corrected chi connectivity index (χ1v) is 6.10. The summed E-state index contributed by atoms with van der Waals surface area (Å²) >= 11 is 5.78. The lowest BCUT2D eigenvalue weighted by Crippen LogP contribution is -2.19. The maximum absolute atomic E-state index is 13.8. The highest BCUT2D eigenvalue weighted by atomic mass is 35.5. The minimum atomic E-state index is -0.344. The van der Waals surface area contributed by atoms with Crippen LogP contribution < -0.4 is 5.32 Å². The molecule has 1 atom stereocenters. The average molecular weight is 265 g/mol. The number of aromatic nitrogens is 1. The molecule has 1 unspecified atom stereocenters. The van der Waals surface area contributed by atoms with Gasteiger partial charge in [0.25, 0.3) is 0 Å². The van der Waals surface area contributed by atoms with Crippen molar-refractivity contribution in [1.82, 2.24) is 10.3 Å². The van der Waals surface area contributed by atoms with Crippen molar-refractivity contribution in [2.75, 3.05) is 7.05 Å². The maximum atomic E-state index is 13.8. The second-order valence-electron chi connectivity index (χ2n) is 4.04. The molecule has 0 saturated carbocycles. The van der Waals surface area contributed by atoms with E-state index in [4.69, 9.17) is 11.6 Å². The van der Waals surface area contributed by atoms with Crippen LogP contribution in [0.25, 0.3) is 0 Å². The molecule has 0 aliphatic heterocycles. The molecule has 0 aliphatic rings. The first kappa shape index (κ1) is 13.0. The zero-order valence-electron chi connectivity index (χ0n) is 10.0. The molecule has 0 aliphatic carbocycles. The molecular weight excluding hydrogens is 251 g/mol. The van der Waals surface area contributed by atoms with E-state index < -0.39 is 0 Å².